The van der Waals surface area contributed by atoms with Crippen LogP contribution in [0.15, 0.2) is 46.2 Å². The van der Waals surface area contributed by atoms with Gasteiger partial charge >= 0.3 is 6.09 Å². The fraction of sp³-hybridized carbons (Fsp3) is 0.462. The van der Waals surface area contributed by atoms with Gasteiger partial charge in [-0.2, -0.15) is 5.26 Å². The second kappa shape index (κ2) is 8.71. The van der Waals surface area contributed by atoms with Crippen molar-refractivity contribution in [2.45, 2.75) is 74.9 Å². The van der Waals surface area contributed by atoms with Crippen LogP contribution in [0.1, 0.15) is 50.3 Å². The zero-order valence-corrected chi connectivity index (χ0v) is 20.3. The molecule has 4 rings (SSSR count). The van der Waals surface area contributed by atoms with Crippen molar-refractivity contribution in [3.63, 3.8) is 0 Å². The minimum atomic E-state index is -0.490. The Morgan fingerprint density at radius 2 is 1.75 bits per heavy atom. The highest BCUT2D eigenvalue weighted by Gasteiger charge is 2.44. The van der Waals surface area contributed by atoms with E-state index in [1.54, 1.807) is 11.8 Å². The molecule has 2 unspecified atom stereocenters. The molecule has 2 saturated heterocycles. The van der Waals surface area contributed by atoms with E-state index in [1.165, 1.54) is 16.0 Å². The largest absolute Gasteiger partial charge is 0.444 e. The highest BCUT2D eigenvalue weighted by Crippen LogP contribution is 2.41. The lowest BCUT2D eigenvalue weighted by molar-refractivity contribution is 0.0123. The van der Waals surface area contributed by atoms with E-state index in [1.807, 2.05) is 37.8 Å². The van der Waals surface area contributed by atoms with E-state index in [4.69, 9.17) is 4.74 Å². The van der Waals surface area contributed by atoms with E-state index >= 15 is 0 Å². The summed E-state index contributed by atoms with van der Waals surface area (Å²) < 4.78 is 5.68. The van der Waals surface area contributed by atoms with Gasteiger partial charge in [-0.15, -0.1) is 0 Å². The molecule has 0 aliphatic carbocycles. The summed E-state index contributed by atoms with van der Waals surface area (Å²) in [5.74, 6) is 0. The summed E-state index contributed by atoms with van der Waals surface area (Å²) in [5, 5.41) is 9.47. The molecule has 1 amide bonds. The number of benzene rings is 2. The zero-order chi connectivity index (χ0) is 23.0. The van der Waals surface area contributed by atoms with Gasteiger partial charge in [0.05, 0.1) is 29.4 Å². The van der Waals surface area contributed by atoms with Crippen LogP contribution in [0.25, 0.3) is 0 Å². The summed E-state index contributed by atoms with van der Waals surface area (Å²) in [7, 11) is 0. The Balaban J connectivity index is 1.60. The van der Waals surface area contributed by atoms with Crippen LogP contribution in [0.3, 0.4) is 0 Å². The SMILES string of the molecule is Cc1ccc(Sc2cc(C#N)ccc2N2CC3CCC(C2)N3C(=O)OC(C)(C)C)c(C)c1. The molecule has 0 spiro atoms. The van der Waals surface area contributed by atoms with E-state index in [2.05, 4.69) is 49.1 Å². The van der Waals surface area contributed by atoms with Crippen molar-refractivity contribution in [2.24, 2.45) is 0 Å². The van der Waals surface area contributed by atoms with Gasteiger partial charge in [-0.1, -0.05) is 29.5 Å². The van der Waals surface area contributed by atoms with Crippen LogP contribution in [-0.2, 0) is 4.74 Å². The molecule has 2 aromatic rings. The van der Waals surface area contributed by atoms with Gasteiger partial charge in [-0.3, -0.25) is 4.90 Å². The van der Waals surface area contributed by atoms with Gasteiger partial charge in [0, 0.05) is 22.9 Å². The number of hydrogen-bond acceptors (Lipinski definition) is 5. The van der Waals surface area contributed by atoms with Gasteiger partial charge in [0.2, 0.25) is 0 Å². The molecule has 2 fully saturated rings. The first-order valence-corrected chi connectivity index (χ1v) is 12.0. The quantitative estimate of drug-likeness (QED) is 0.583. The van der Waals surface area contributed by atoms with Crippen molar-refractivity contribution in [1.82, 2.24) is 4.90 Å². The van der Waals surface area contributed by atoms with Gasteiger partial charge in [-0.05, 0) is 77.3 Å². The molecular weight excluding hydrogens is 418 g/mol. The second-order valence-electron chi connectivity index (χ2n) is 9.84. The Bertz CT molecular complexity index is 1060. The number of fused-ring (bicyclic) bond motifs is 2. The number of anilines is 1. The maximum atomic E-state index is 12.8. The molecule has 2 aliphatic rings. The Labute approximate surface area is 195 Å². The number of nitriles is 1. The predicted molar refractivity (Wildman–Crippen MR) is 128 cm³/mol. The molecule has 2 bridgehead atoms. The fourth-order valence-electron chi connectivity index (χ4n) is 4.67. The molecule has 2 heterocycles. The Hall–Kier alpha value is -2.65. The summed E-state index contributed by atoms with van der Waals surface area (Å²) >= 11 is 1.71. The van der Waals surface area contributed by atoms with Crippen LogP contribution in [-0.4, -0.2) is 41.8 Å². The molecule has 2 aliphatic heterocycles. The van der Waals surface area contributed by atoms with E-state index < -0.39 is 5.60 Å². The first kappa shape index (κ1) is 22.5. The van der Waals surface area contributed by atoms with Gasteiger partial charge in [-0.25, -0.2) is 4.79 Å². The molecule has 2 aromatic carbocycles. The highest BCUT2D eigenvalue weighted by atomic mass is 32.2. The number of amides is 1. The van der Waals surface area contributed by atoms with Gasteiger partial charge < -0.3 is 9.64 Å². The first-order valence-electron chi connectivity index (χ1n) is 11.2. The van der Waals surface area contributed by atoms with Crippen molar-refractivity contribution >= 4 is 23.5 Å². The number of carbonyl (C=O) groups excluding carboxylic acids is 1. The molecule has 2 atom stereocenters. The number of ether oxygens (including phenoxy) is 1. The summed E-state index contributed by atoms with van der Waals surface area (Å²) in [5.41, 5.74) is 3.79. The third-order valence-corrected chi connectivity index (χ3v) is 7.29. The van der Waals surface area contributed by atoms with Crippen LogP contribution in [0.2, 0.25) is 0 Å². The minimum Gasteiger partial charge on any atom is -0.444 e. The number of rotatable bonds is 3. The lowest BCUT2D eigenvalue weighted by Crippen LogP contribution is -2.56. The predicted octanol–water partition coefficient (Wildman–Crippen LogP) is 5.91. The minimum absolute atomic E-state index is 0.151. The second-order valence-corrected chi connectivity index (χ2v) is 10.9. The number of hydrogen-bond donors (Lipinski definition) is 0. The smallest absolute Gasteiger partial charge is 0.410 e. The normalized spacial score (nSPS) is 20.2. The Morgan fingerprint density at radius 1 is 1.06 bits per heavy atom. The van der Waals surface area contributed by atoms with Crippen molar-refractivity contribution < 1.29 is 9.53 Å². The van der Waals surface area contributed by atoms with E-state index in [0.717, 1.165) is 36.5 Å². The molecular formula is C26H31N3O2S. The van der Waals surface area contributed by atoms with Gasteiger partial charge in [0.25, 0.3) is 0 Å². The van der Waals surface area contributed by atoms with Crippen molar-refractivity contribution in [1.29, 1.82) is 5.26 Å². The molecule has 168 valence electrons. The monoisotopic (exact) mass is 449 g/mol. The number of aryl methyl sites for hydroxylation is 2. The van der Waals surface area contributed by atoms with Crippen LogP contribution >= 0.6 is 11.8 Å². The summed E-state index contributed by atoms with van der Waals surface area (Å²) in [6.07, 6.45) is 1.79. The maximum absolute atomic E-state index is 12.8. The summed E-state index contributed by atoms with van der Waals surface area (Å²) in [4.78, 5) is 19.4. The average molecular weight is 450 g/mol. The van der Waals surface area contributed by atoms with Crippen LogP contribution in [0.4, 0.5) is 10.5 Å². The third-order valence-electron chi connectivity index (χ3n) is 6.07. The van der Waals surface area contributed by atoms with Gasteiger partial charge in [0.1, 0.15) is 5.60 Å². The topological polar surface area (TPSA) is 56.6 Å². The number of carbonyl (C=O) groups is 1. The Morgan fingerprint density at radius 3 is 2.34 bits per heavy atom. The summed E-state index contributed by atoms with van der Waals surface area (Å²) in [6.45, 7) is 11.5. The highest BCUT2D eigenvalue weighted by molar-refractivity contribution is 7.99. The van der Waals surface area contributed by atoms with Crippen LogP contribution in [0.5, 0.6) is 0 Å². The van der Waals surface area contributed by atoms with E-state index in [0.29, 0.717) is 5.56 Å². The Kier molecular flexibility index (Phi) is 6.13. The number of piperazine rings is 1. The molecule has 0 N–H and O–H groups in total. The van der Waals surface area contributed by atoms with E-state index in [9.17, 15) is 10.1 Å². The molecule has 6 heteroatoms. The van der Waals surface area contributed by atoms with Crippen molar-refractivity contribution in [2.75, 3.05) is 18.0 Å². The first-order chi connectivity index (χ1) is 15.1. The average Bonchev–Trinajstić information content (AvgIpc) is 2.99. The molecule has 0 saturated carbocycles. The number of nitrogens with zero attached hydrogens (tertiary/aromatic N) is 3. The molecule has 0 aromatic heterocycles. The third kappa shape index (κ3) is 4.73. The van der Waals surface area contributed by atoms with Crippen molar-refractivity contribution in [3.05, 3.63) is 53.1 Å². The molecule has 32 heavy (non-hydrogen) atoms. The lowest BCUT2D eigenvalue weighted by Gasteiger charge is -2.42. The lowest BCUT2D eigenvalue weighted by atomic mass is 10.1. The van der Waals surface area contributed by atoms with Gasteiger partial charge in [0.15, 0.2) is 0 Å². The molecule has 0 radical (unpaired) electrons. The maximum Gasteiger partial charge on any atom is 0.410 e. The zero-order valence-electron chi connectivity index (χ0n) is 19.5. The van der Waals surface area contributed by atoms with Crippen molar-refractivity contribution in [3.8, 4) is 6.07 Å². The van der Waals surface area contributed by atoms with E-state index in [-0.39, 0.29) is 18.2 Å². The summed E-state index contributed by atoms with van der Waals surface area (Å²) in [6, 6.07) is 15.0. The standard InChI is InChI=1S/C26H31N3O2S/c1-17-6-11-23(18(2)12-17)32-24-13-19(14-27)7-10-22(24)28-15-20-8-9-21(16-28)29(20)25(30)31-26(3,4)5/h6-7,10-13,20-21H,8-9,15-16H2,1-5H3. The fourth-order valence-corrected chi connectivity index (χ4v) is 5.75. The molecule has 5 nitrogen and oxygen atoms in total. The van der Waals surface area contributed by atoms with Crippen LogP contribution in [0, 0.1) is 25.2 Å². The van der Waals surface area contributed by atoms with Crippen LogP contribution < -0.4 is 4.90 Å².